The summed E-state index contributed by atoms with van der Waals surface area (Å²) >= 11 is 0. The standard InChI is InChI=1S/C22H28N2O/c1-6-21-18(4)23(19-11-7-16(2)8-12-19)15-24(22(21)25-5)20-13-9-17(3)10-14-20/h7-14,18H,6,15H2,1-5H3. The zero-order valence-electron chi connectivity index (χ0n) is 15.9. The van der Waals surface area contributed by atoms with E-state index in [0.29, 0.717) is 6.04 Å². The van der Waals surface area contributed by atoms with Crippen LogP contribution in [0.3, 0.4) is 0 Å². The predicted molar refractivity (Wildman–Crippen MR) is 106 cm³/mol. The Morgan fingerprint density at radius 3 is 1.92 bits per heavy atom. The summed E-state index contributed by atoms with van der Waals surface area (Å²) in [4.78, 5) is 4.72. The number of hydrogen-bond donors (Lipinski definition) is 0. The number of hydrogen-bond acceptors (Lipinski definition) is 3. The number of benzene rings is 2. The lowest BCUT2D eigenvalue weighted by atomic mass is 10.0. The summed E-state index contributed by atoms with van der Waals surface area (Å²) in [5.41, 5.74) is 6.29. The van der Waals surface area contributed by atoms with Crippen molar-refractivity contribution in [1.82, 2.24) is 0 Å². The van der Waals surface area contributed by atoms with Crippen LogP contribution in [-0.4, -0.2) is 19.8 Å². The Kier molecular flexibility index (Phi) is 5.03. The molecule has 3 rings (SSSR count). The van der Waals surface area contributed by atoms with Gasteiger partial charge < -0.3 is 9.64 Å². The summed E-state index contributed by atoms with van der Waals surface area (Å²) in [6, 6.07) is 17.7. The van der Waals surface area contributed by atoms with Gasteiger partial charge in [-0.15, -0.1) is 0 Å². The molecule has 132 valence electrons. The van der Waals surface area contributed by atoms with Crippen LogP contribution in [0.4, 0.5) is 11.4 Å². The number of ether oxygens (including phenoxy) is 1. The molecule has 1 heterocycles. The van der Waals surface area contributed by atoms with Crippen molar-refractivity contribution in [3.05, 3.63) is 71.1 Å². The molecule has 0 radical (unpaired) electrons. The molecule has 0 aliphatic carbocycles. The minimum absolute atomic E-state index is 0.310. The third-order valence-corrected chi connectivity index (χ3v) is 5.07. The van der Waals surface area contributed by atoms with Gasteiger partial charge in [-0.2, -0.15) is 0 Å². The molecule has 0 aromatic heterocycles. The number of aryl methyl sites for hydroxylation is 2. The van der Waals surface area contributed by atoms with Crippen molar-refractivity contribution in [2.24, 2.45) is 0 Å². The highest BCUT2D eigenvalue weighted by atomic mass is 16.5. The Labute approximate surface area is 151 Å². The molecule has 3 nitrogen and oxygen atoms in total. The molecular weight excluding hydrogens is 308 g/mol. The first-order valence-electron chi connectivity index (χ1n) is 8.99. The van der Waals surface area contributed by atoms with Crippen molar-refractivity contribution < 1.29 is 4.74 Å². The summed E-state index contributed by atoms with van der Waals surface area (Å²) in [6.45, 7) is 9.49. The second kappa shape index (κ2) is 7.22. The Morgan fingerprint density at radius 1 is 0.920 bits per heavy atom. The first kappa shape index (κ1) is 17.4. The SMILES string of the molecule is CCC1=C(OC)N(c2ccc(C)cc2)CN(c2ccc(C)cc2)C1C. The average Bonchev–Trinajstić information content (AvgIpc) is 2.63. The minimum atomic E-state index is 0.310. The van der Waals surface area contributed by atoms with Gasteiger partial charge in [-0.3, -0.25) is 4.90 Å². The van der Waals surface area contributed by atoms with E-state index in [2.05, 4.69) is 86.0 Å². The smallest absolute Gasteiger partial charge is 0.196 e. The molecule has 2 aromatic carbocycles. The first-order valence-corrected chi connectivity index (χ1v) is 8.99. The van der Waals surface area contributed by atoms with Gasteiger partial charge in [0.15, 0.2) is 5.88 Å². The Morgan fingerprint density at radius 2 is 1.44 bits per heavy atom. The maximum atomic E-state index is 5.84. The van der Waals surface area contributed by atoms with E-state index in [1.807, 2.05) is 0 Å². The highest BCUT2D eigenvalue weighted by Gasteiger charge is 2.32. The van der Waals surface area contributed by atoms with Crippen LogP contribution in [0.2, 0.25) is 0 Å². The Bertz CT molecular complexity index is 747. The fourth-order valence-corrected chi connectivity index (χ4v) is 3.53. The van der Waals surface area contributed by atoms with E-state index in [4.69, 9.17) is 4.74 Å². The van der Waals surface area contributed by atoms with E-state index in [9.17, 15) is 0 Å². The second-order valence-corrected chi connectivity index (χ2v) is 6.77. The van der Waals surface area contributed by atoms with Crippen LogP contribution in [0.25, 0.3) is 0 Å². The molecular formula is C22H28N2O. The number of anilines is 2. The summed E-state index contributed by atoms with van der Waals surface area (Å²) in [7, 11) is 1.78. The van der Waals surface area contributed by atoms with Crippen molar-refractivity contribution in [2.45, 2.75) is 40.2 Å². The van der Waals surface area contributed by atoms with Gasteiger partial charge in [-0.1, -0.05) is 42.3 Å². The normalized spacial score (nSPS) is 17.9. The second-order valence-electron chi connectivity index (χ2n) is 6.77. The summed E-state index contributed by atoms with van der Waals surface area (Å²) in [5.74, 6) is 0.988. The minimum Gasteiger partial charge on any atom is -0.482 e. The van der Waals surface area contributed by atoms with Gasteiger partial charge in [0.1, 0.15) is 0 Å². The van der Waals surface area contributed by atoms with Gasteiger partial charge in [0.25, 0.3) is 0 Å². The van der Waals surface area contributed by atoms with Crippen molar-refractivity contribution in [1.29, 1.82) is 0 Å². The van der Waals surface area contributed by atoms with Gasteiger partial charge in [-0.05, 0) is 51.5 Å². The maximum Gasteiger partial charge on any atom is 0.196 e. The molecule has 1 aliphatic rings. The molecule has 0 N–H and O–H groups in total. The summed E-state index contributed by atoms with van der Waals surface area (Å²) in [5, 5.41) is 0. The highest BCUT2D eigenvalue weighted by Crippen LogP contribution is 2.34. The van der Waals surface area contributed by atoms with Gasteiger partial charge in [0, 0.05) is 16.9 Å². The highest BCUT2D eigenvalue weighted by molar-refractivity contribution is 5.60. The van der Waals surface area contributed by atoms with Crippen LogP contribution in [0, 0.1) is 13.8 Å². The van der Waals surface area contributed by atoms with E-state index in [0.717, 1.165) is 24.7 Å². The van der Waals surface area contributed by atoms with E-state index < -0.39 is 0 Å². The monoisotopic (exact) mass is 336 g/mol. The third-order valence-electron chi connectivity index (χ3n) is 5.07. The van der Waals surface area contributed by atoms with Crippen LogP contribution < -0.4 is 9.80 Å². The lowest BCUT2D eigenvalue weighted by Gasteiger charge is -2.44. The van der Waals surface area contributed by atoms with Gasteiger partial charge in [0.2, 0.25) is 0 Å². The summed E-state index contributed by atoms with van der Waals surface area (Å²) in [6.07, 6.45) is 0.967. The fraction of sp³-hybridized carbons (Fsp3) is 0.364. The average molecular weight is 336 g/mol. The largest absolute Gasteiger partial charge is 0.482 e. The molecule has 0 amide bonds. The van der Waals surface area contributed by atoms with Crippen molar-refractivity contribution in [2.75, 3.05) is 23.6 Å². The molecule has 2 aromatic rings. The van der Waals surface area contributed by atoms with Gasteiger partial charge in [0.05, 0.1) is 19.8 Å². The number of methoxy groups -OCH3 is 1. The number of rotatable bonds is 4. The molecule has 1 aliphatic heterocycles. The van der Waals surface area contributed by atoms with E-state index >= 15 is 0 Å². The first-order chi connectivity index (χ1) is 12.0. The Balaban J connectivity index is 2.05. The lowest BCUT2D eigenvalue weighted by molar-refractivity contribution is 0.262. The van der Waals surface area contributed by atoms with Crippen molar-refractivity contribution in [3.8, 4) is 0 Å². The molecule has 0 saturated carbocycles. The van der Waals surface area contributed by atoms with Crippen LogP contribution in [0.5, 0.6) is 0 Å². The van der Waals surface area contributed by atoms with Crippen LogP contribution in [-0.2, 0) is 4.74 Å². The summed E-state index contributed by atoms with van der Waals surface area (Å²) < 4.78 is 5.84. The molecule has 0 spiro atoms. The maximum absolute atomic E-state index is 5.84. The van der Waals surface area contributed by atoms with Gasteiger partial charge in [-0.25, -0.2) is 0 Å². The third kappa shape index (κ3) is 3.37. The van der Waals surface area contributed by atoms with Crippen molar-refractivity contribution in [3.63, 3.8) is 0 Å². The topological polar surface area (TPSA) is 15.7 Å². The molecule has 0 fully saturated rings. The molecule has 25 heavy (non-hydrogen) atoms. The van der Waals surface area contributed by atoms with Crippen LogP contribution in [0.1, 0.15) is 31.4 Å². The predicted octanol–water partition coefficient (Wildman–Crippen LogP) is 5.24. The van der Waals surface area contributed by atoms with E-state index in [-0.39, 0.29) is 0 Å². The zero-order chi connectivity index (χ0) is 18.0. The number of nitrogens with zero attached hydrogens (tertiary/aromatic N) is 2. The van der Waals surface area contributed by atoms with E-state index in [1.165, 1.54) is 22.4 Å². The molecule has 1 unspecified atom stereocenters. The van der Waals surface area contributed by atoms with Crippen LogP contribution >= 0.6 is 0 Å². The Hall–Kier alpha value is -2.42. The van der Waals surface area contributed by atoms with Crippen molar-refractivity contribution >= 4 is 11.4 Å². The quantitative estimate of drug-likeness (QED) is 0.759. The zero-order valence-corrected chi connectivity index (χ0v) is 15.9. The molecule has 1 atom stereocenters. The fourth-order valence-electron chi connectivity index (χ4n) is 3.53. The lowest BCUT2D eigenvalue weighted by Crippen LogP contribution is -2.49. The van der Waals surface area contributed by atoms with E-state index in [1.54, 1.807) is 7.11 Å². The molecule has 0 saturated heterocycles. The molecule has 3 heteroatoms. The van der Waals surface area contributed by atoms with Gasteiger partial charge >= 0.3 is 0 Å². The van der Waals surface area contributed by atoms with Crippen LogP contribution in [0.15, 0.2) is 60.0 Å². The molecule has 0 bridgehead atoms.